The monoisotopic (exact) mass is 330 g/mol. The Morgan fingerprint density at radius 3 is 2.61 bits per heavy atom. The van der Waals surface area contributed by atoms with Gasteiger partial charge in [-0.25, -0.2) is 4.79 Å². The number of ether oxygens (including phenoxy) is 1. The standard InChI is InChI=1S/C16H14N2O4S/c17-15(21)12-8-9-23-16(12)18-13(19)10-22-14(20)7-6-11-4-2-1-3-5-11/h1-9H,10H2,(H2,17,21)(H,18,19)/b7-6+. The molecule has 2 amide bonds. The number of carbonyl (C=O) groups excluding carboxylic acids is 3. The molecule has 2 rings (SSSR count). The smallest absolute Gasteiger partial charge is 0.331 e. The Kier molecular flexibility index (Phi) is 5.65. The van der Waals surface area contributed by atoms with Crippen LogP contribution in [0.25, 0.3) is 6.08 Å². The van der Waals surface area contributed by atoms with E-state index in [2.05, 4.69) is 5.32 Å². The molecular formula is C16H14N2O4S. The van der Waals surface area contributed by atoms with Crippen molar-refractivity contribution in [3.8, 4) is 0 Å². The highest BCUT2D eigenvalue weighted by Gasteiger charge is 2.13. The van der Waals surface area contributed by atoms with E-state index in [1.807, 2.05) is 30.3 Å². The van der Waals surface area contributed by atoms with E-state index in [-0.39, 0.29) is 5.56 Å². The van der Waals surface area contributed by atoms with Crippen LogP contribution < -0.4 is 11.1 Å². The number of esters is 1. The highest BCUT2D eigenvalue weighted by molar-refractivity contribution is 7.14. The highest BCUT2D eigenvalue weighted by Crippen LogP contribution is 2.22. The van der Waals surface area contributed by atoms with Crippen LogP contribution in [-0.4, -0.2) is 24.4 Å². The first-order chi connectivity index (χ1) is 11.1. The lowest BCUT2D eigenvalue weighted by Gasteiger charge is -2.04. The van der Waals surface area contributed by atoms with Gasteiger partial charge in [0.05, 0.1) is 5.56 Å². The van der Waals surface area contributed by atoms with E-state index >= 15 is 0 Å². The summed E-state index contributed by atoms with van der Waals surface area (Å²) in [6.07, 6.45) is 2.83. The topological polar surface area (TPSA) is 98.5 Å². The predicted molar refractivity (Wildman–Crippen MR) is 87.9 cm³/mol. The molecule has 0 fully saturated rings. The van der Waals surface area contributed by atoms with E-state index in [1.54, 1.807) is 11.5 Å². The molecule has 0 bridgehead atoms. The Balaban J connectivity index is 1.82. The SMILES string of the molecule is NC(=O)c1ccsc1NC(=O)COC(=O)/C=C/c1ccccc1. The number of thiophene rings is 1. The van der Waals surface area contributed by atoms with Gasteiger partial charge in [0.1, 0.15) is 5.00 Å². The molecule has 7 heteroatoms. The minimum atomic E-state index is -0.635. The van der Waals surface area contributed by atoms with Crippen molar-refractivity contribution in [2.75, 3.05) is 11.9 Å². The van der Waals surface area contributed by atoms with E-state index in [0.717, 1.165) is 16.9 Å². The van der Waals surface area contributed by atoms with Gasteiger partial charge in [-0.05, 0) is 23.1 Å². The average molecular weight is 330 g/mol. The molecule has 6 nitrogen and oxygen atoms in total. The van der Waals surface area contributed by atoms with E-state index in [4.69, 9.17) is 10.5 Å². The molecule has 1 aromatic heterocycles. The Morgan fingerprint density at radius 1 is 1.17 bits per heavy atom. The number of rotatable bonds is 6. The van der Waals surface area contributed by atoms with Gasteiger partial charge >= 0.3 is 5.97 Å². The number of hydrogen-bond acceptors (Lipinski definition) is 5. The zero-order valence-corrected chi connectivity index (χ0v) is 12.8. The summed E-state index contributed by atoms with van der Waals surface area (Å²) in [6, 6.07) is 10.7. The fraction of sp³-hybridized carbons (Fsp3) is 0.0625. The number of amides is 2. The van der Waals surface area contributed by atoms with Gasteiger partial charge in [-0.1, -0.05) is 30.3 Å². The van der Waals surface area contributed by atoms with Crippen molar-refractivity contribution in [2.45, 2.75) is 0 Å². The van der Waals surface area contributed by atoms with Crippen LogP contribution in [-0.2, 0) is 14.3 Å². The third-order valence-corrected chi connectivity index (χ3v) is 3.57. The molecule has 1 heterocycles. The minimum absolute atomic E-state index is 0.221. The Bertz CT molecular complexity index is 738. The number of anilines is 1. The molecule has 0 unspecified atom stereocenters. The number of primary amides is 1. The lowest BCUT2D eigenvalue weighted by Crippen LogP contribution is -2.21. The van der Waals surface area contributed by atoms with Crippen molar-refractivity contribution in [1.82, 2.24) is 0 Å². The van der Waals surface area contributed by atoms with E-state index in [1.165, 1.54) is 12.1 Å². The first kappa shape index (κ1) is 16.4. The van der Waals surface area contributed by atoms with Crippen molar-refractivity contribution in [3.63, 3.8) is 0 Å². The lowest BCUT2D eigenvalue weighted by atomic mass is 10.2. The summed E-state index contributed by atoms with van der Waals surface area (Å²) in [4.78, 5) is 34.4. The summed E-state index contributed by atoms with van der Waals surface area (Å²) >= 11 is 1.16. The summed E-state index contributed by atoms with van der Waals surface area (Å²) in [5.41, 5.74) is 6.24. The van der Waals surface area contributed by atoms with Gasteiger partial charge in [-0.2, -0.15) is 0 Å². The van der Waals surface area contributed by atoms with Gasteiger partial charge in [-0.3, -0.25) is 9.59 Å². The first-order valence-corrected chi connectivity index (χ1v) is 7.51. The number of hydrogen-bond donors (Lipinski definition) is 2. The van der Waals surface area contributed by atoms with Crippen LogP contribution in [0, 0.1) is 0 Å². The first-order valence-electron chi connectivity index (χ1n) is 6.63. The largest absolute Gasteiger partial charge is 0.452 e. The maximum atomic E-state index is 11.7. The number of nitrogens with two attached hydrogens (primary N) is 1. The van der Waals surface area contributed by atoms with Crippen LogP contribution in [0.5, 0.6) is 0 Å². The van der Waals surface area contributed by atoms with Crippen LogP contribution in [0.1, 0.15) is 15.9 Å². The van der Waals surface area contributed by atoms with E-state index in [0.29, 0.717) is 5.00 Å². The molecule has 0 atom stereocenters. The summed E-state index contributed by atoms with van der Waals surface area (Å²) in [6.45, 7) is -0.450. The molecular weight excluding hydrogens is 316 g/mol. The average Bonchev–Trinajstić information content (AvgIpc) is 3.00. The summed E-state index contributed by atoms with van der Waals surface area (Å²) in [7, 11) is 0. The lowest BCUT2D eigenvalue weighted by molar-refractivity contribution is -0.142. The van der Waals surface area contributed by atoms with Crippen molar-refractivity contribution in [3.05, 3.63) is 59.0 Å². The van der Waals surface area contributed by atoms with Gasteiger partial charge in [-0.15, -0.1) is 11.3 Å². The number of nitrogens with one attached hydrogen (secondary N) is 1. The molecule has 0 aliphatic rings. The molecule has 0 radical (unpaired) electrons. The molecule has 0 saturated heterocycles. The Hall–Kier alpha value is -2.93. The molecule has 1 aromatic carbocycles. The summed E-state index contributed by atoms with van der Waals surface area (Å²) in [5, 5.41) is 4.44. The van der Waals surface area contributed by atoms with Crippen molar-refractivity contribution in [2.24, 2.45) is 5.73 Å². The maximum Gasteiger partial charge on any atom is 0.331 e. The van der Waals surface area contributed by atoms with Crippen molar-refractivity contribution >= 4 is 40.2 Å². The Labute approximate surface area is 136 Å². The summed E-state index contributed by atoms with van der Waals surface area (Å²) < 4.78 is 4.83. The summed E-state index contributed by atoms with van der Waals surface area (Å²) in [5.74, 6) is -1.81. The van der Waals surface area contributed by atoms with Gasteiger partial charge in [0, 0.05) is 6.08 Å². The zero-order chi connectivity index (χ0) is 16.7. The third kappa shape index (κ3) is 5.08. The van der Waals surface area contributed by atoms with Crippen LogP contribution in [0.15, 0.2) is 47.9 Å². The van der Waals surface area contributed by atoms with Crippen molar-refractivity contribution in [1.29, 1.82) is 0 Å². The van der Waals surface area contributed by atoms with E-state index in [9.17, 15) is 14.4 Å². The van der Waals surface area contributed by atoms with Crippen molar-refractivity contribution < 1.29 is 19.1 Å². The quantitative estimate of drug-likeness (QED) is 0.625. The highest BCUT2D eigenvalue weighted by atomic mass is 32.1. The molecule has 0 aliphatic carbocycles. The molecule has 2 aromatic rings. The minimum Gasteiger partial charge on any atom is -0.452 e. The second kappa shape index (κ2) is 7.90. The molecule has 0 spiro atoms. The molecule has 0 saturated carbocycles. The number of benzene rings is 1. The van der Waals surface area contributed by atoms with Gasteiger partial charge in [0.15, 0.2) is 6.61 Å². The van der Waals surface area contributed by atoms with E-state index < -0.39 is 24.4 Å². The van der Waals surface area contributed by atoms with Crippen LogP contribution in [0.4, 0.5) is 5.00 Å². The van der Waals surface area contributed by atoms with Gasteiger partial charge in [0.2, 0.25) is 0 Å². The second-order valence-electron chi connectivity index (χ2n) is 4.43. The maximum absolute atomic E-state index is 11.7. The zero-order valence-electron chi connectivity index (χ0n) is 12.0. The van der Waals surface area contributed by atoms with Crippen LogP contribution >= 0.6 is 11.3 Å². The fourth-order valence-corrected chi connectivity index (χ4v) is 2.48. The normalized spacial score (nSPS) is 10.4. The number of carbonyl (C=O) groups is 3. The molecule has 0 aliphatic heterocycles. The third-order valence-electron chi connectivity index (χ3n) is 2.74. The predicted octanol–water partition coefficient (Wildman–Crippen LogP) is 2.04. The van der Waals surface area contributed by atoms with Gasteiger partial charge < -0.3 is 15.8 Å². The van der Waals surface area contributed by atoms with Gasteiger partial charge in [0.25, 0.3) is 11.8 Å². The molecule has 23 heavy (non-hydrogen) atoms. The second-order valence-corrected chi connectivity index (χ2v) is 5.34. The van der Waals surface area contributed by atoms with Crippen LogP contribution in [0.2, 0.25) is 0 Å². The van der Waals surface area contributed by atoms with Crippen LogP contribution in [0.3, 0.4) is 0 Å². The fourth-order valence-electron chi connectivity index (χ4n) is 1.68. The molecule has 118 valence electrons. The molecule has 3 N–H and O–H groups in total. The Morgan fingerprint density at radius 2 is 1.91 bits per heavy atom.